The fourth-order valence-corrected chi connectivity index (χ4v) is 12.2. The van der Waals surface area contributed by atoms with Gasteiger partial charge in [0.25, 0.3) is 0 Å². The first kappa shape index (κ1) is 60.4. The number of carbonyl (C=O) groups is 2. The van der Waals surface area contributed by atoms with E-state index in [1.165, 1.54) is 69.1 Å². The van der Waals surface area contributed by atoms with Crippen molar-refractivity contribution in [2.24, 2.45) is 0 Å². The predicted octanol–water partition coefficient (Wildman–Crippen LogP) is 11.0. The smallest absolute Gasteiger partial charge is 0.350 e. The maximum Gasteiger partial charge on any atom is 0.355 e. The van der Waals surface area contributed by atoms with Gasteiger partial charge < -0.3 is 19.6 Å². The highest BCUT2D eigenvalue weighted by molar-refractivity contribution is 7.99. The Balaban J connectivity index is 0.000000202. The third-order valence-corrected chi connectivity index (χ3v) is 16.6. The summed E-state index contributed by atoms with van der Waals surface area (Å²) >= 11 is 2.55. The van der Waals surface area contributed by atoms with Crippen LogP contribution in [0.3, 0.4) is 0 Å². The van der Waals surface area contributed by atoms with Crippen molar-refractivity contribution in [1.82, 2.24) is 48.8 Å². The number of aromatic nitrogens is 8. The summed E-state index contributed by atoms with van der Waals surface area (Å²) in [4.78, 5) is 88.1. The number of aryl methyl sites for hydroxylation is 2. The molecule has 2 aromatic carbocycles. The standard InChI is InChI=1S/2C31H32F2N6O2S/c2*1-7-24(40)37-13-14-38(19(5)16-37)29-20-15-22(33)27(25-21(32)9-8-10-23(25)42-6)35-30(20)39(31(41)36-29)28-18(4)11-12-34-26(28)17(2)3/h2*7-12,15,17,19H,1,13-14,16H2,2-6H3/t2*19-/m00/s1. The molecule has 0 radical (unpaired) electrons. The molecule has 0 spiro atoms. The zero-order chi connectivity index (χ0) is 60.6. The number of amides is 2. The number of fused-ring (bicyclic) bond motifs is 2. The van der Waals surface area contributed by atoms with Crippen LogP contribution in [0.5, 0.6) is 0 Å². The van der Waals surface area contributed by atoms with Crippen LogP contribution in [-0.2, 0) is 9.59 Å². The molecule has 2 atom stereocenters. The summed E-state index contributed by atoms with van der Waals surface area (Å²) in [6, 6.07) is 14.7. The van der Waals surface area contributed by atoms with Gasteiger partial charge in [0, 0.05) is 73.5 Å². The van der Waals surface area contributed by atoms with Crippen LogP contribution in [0.2, 0.25) is 0 Å². The molecule has 0 bridgehead atoms. The lowest BCUT2D eigenvalue weighted by Crippen LogP contribution is -2.54. The minimum Gasteiger partial charge on any atom is -0.350 e. The van der Waals surface area contributed by atoms with Gasteiger partial charge >= 0.3 is 11.4 Å². The Bertz CT molecular complexity index is 3800. The van der Waals surface area contributed by atoms with Crippen molar-refractivity contribution in [1.29, 1.82) is 0 Å². The van der Waals surface area contributed by atoms with Crippen LogP contribution in [0.15, 0.2) is 118 Å². The molecule has 2 fully saturated rings. The van der Waals surface area contributed by atoms with Gasteiger partial charge in [-0.2, -0.15) is 9.97 Å². The summed E-state index contributed by atoms with van der Waals surface area (Å²) in [6.45, 7) is 24.8. The first-order valence-corrected chi connectivity index (χ1v) is 29.8. The van der Waals surface area contributed by atoms with E-state index < -0.39 is 34.6 Å². The lowest BCUT2D eigenvalue weighted by Gasteiger charge is -2.40. The first-order valence-electron chi connectivity index (χ1n) is 27.3. The molecule has 2 aliphatic rings. The van der Waals surface area contributed by atoms with Crippen molar-refractivity contribution in [3.8, 4) is 33.9 Å². The minimum absolute atomic E-state index is 0.0265. The summed E-state index contributed by atoms with van der Waals surface area (Å²) in [5.74, 6) is -2.67. The molecule has 22 heteroatoms. The second-order valence-electron chi connectivity index (χ2n) is 21.2. The van der Waals surface area contributed by atoms with Gasteiger partial charge in [-0.15, -0.1) is 23.5 Å². The van der Waals surface area contributed by atoms with E-state index in [4.69, 9.17) is 9.97 Å². The topological polar surface area (TPSA) is 168 Å². The highest BCUT2D eigenvalue weighted by Gasteiger charge is 2.34. The fourth-order valence-electron chi connectivity index (χ4n) is 11.0. The molecule has 6 aromatic heterocycles. The van der Waals surface area contributed by atoms with Crippen LogP contribution in [0.1, 0.15) is 75.9 Å². The van der Waals surface area contributed by atoms with Crippen LogP contribution in [0, 0.1) is 37.1 Å². The largest absolute Gasteiger partial charge is 0.355 e. The van der Waals surface area contributed by atoms with Crippen molar-refractivity contribution in [3.63, 3.8) is 0 Å². The quantitative estimate of drug-likeness (QED) is 0.0643. The van der Waals surface area contributed by atoms with E-state index in [2.05, 4.69) is 33.1 Å². The molecule has 2 saturated heterocycles. The van der Waals surface area contributed by atoms with Gasteiger partial charge in [-0.05, 0) is 124 Å². The number of nitrogens with zero attached hydrogens (tertiary/aromatic N) is 12. The molecule has 2 amide bonds. The zero-order valence-corrected chi connectivity index (χ0v) is 50.0. The van der Waals surface area contributed by atoms with E-state index in [1.54, 1.807) is 71.1 Å². The van der Waals surface area contributed by atoms with Crippen molar-refractivity contribution < 1.29 is 27.2 Å². The van der Waals surface area contributed by atoms with E-state index >= 15 is 17.6 Å². The number of halogens is 4. The Kier molecular flexibility index (Phi) is 17.9. The minimum atomic E-state index is -0.740. The second-order valence-corrected chi connectivity index (χ2v) is 22.9. The van der Waals surface area contributed by atoms with Gasteiger partial charge in [0.05, 0.1) is 44.7 Å². The molecule has 0 saturated carbocycles. The van der Waals surface area contributed by atoms with E-state index in [0.29, 0.717) is 82.6 Å². The summed E-state index contributed by atoms with van der Waals surface area (Å²) < 4.78 is 65.3. The molecule has 10 rings (SSSR count). The lowest BCUT2D eigenvalue weighted by atomic mass is 10.0. The summed E-state index contributed by atoms with van der Waals surface area (Å²) in [5, 5.41) is 0.595. The monoisotopic (exact) mass is 1180 g/mol. The van der Waals surface area contributed by atoms with Crippen LogP contribution in [0.25, 0.3) is 56.0 Å². The maximum atomic E-state index is 16.0. The number of carbonyl (C=O) groups excluding carboxylic acids is 2. The third kappa shape index (κ3) is 11.3. The average molecular weight is 1180 g/mol. The van der Waals surface area contributed by atoms with Crippen LogP contribution in [0.4, 0.5) is 29.2 Å². The average Bonchev–Trinajstić information content (AvgIpc) is 3.59. The van der Waals surface area contributed by atoms with Gasteiger partial charge in [-0.1, -0.05) is 53.0 Å². The Morgan fingerprint density at radius 2 is 0.964 bits per heavy atom. The fraction of sp³-hybridized carbons (Fsp3) is 0.323. The molecular formula is C62H64F4N12O4S2. The van der Waals surface area contributed by atoms with Crippen LogP contribution in [-0.4, -0.2) is 125 Å². The van der Waals surface area contributed by atoms with Crippen LogP contribution >= 0.6 is 23.5 Å². The molecule has 8 heterocycles. The number of rotatable bonds is 12. The van der Waals surface area contributed by atoms with Gasteiger partial charge in [-0.3, -0.25) is 19.6 Å². The SMILES string of the molecule is C=CC(=O)N1CCN(c2nc(=O)n(-c3c(C)ccnc3C(C)C)c3nc(-c4c(F)cccc4SC)c(F)cc23)[C@@H](C)C1.C=CC(=O)N1CCN(c2nc(=O)n(-c3c(C)ccnc3C(C)C)c3nc(-c4c(F)cccc4SC)c(F)cc23)[C@@H](C)C1. The first-order chi connectivity index (χ1) is 40.1. The van der Waals surface area contributed by atoms with Gasteiger partial charge in [0.2, 0.25) is 11.8 Å². The molecule has 436 valence electrons. The molecule has 2 aliphatic heterocycles. The summed E-state index contributed by atoms with van der Waals surface area (Å²) in [5.41, 5.74) is 2.58. The van der Waals surface area contributed by atoms with Gasteiger partial charge in [-0.25, -0.2) is 46.3 Å². The maximum absolute atomic E-state index is 16.0. The number of thioether (sulfide) groups is 2. The number of piperazine rings is 2. The molecular weight excluding hydrogens is 1120 g/mol. The van der Waals surface area contributed by atoms with Gasteiger partial charge in [0.15, 0.2) is 22.9 Å². The molecule has 84 heavy (non-hydrogen) atoms. The van der Waals surface area contributed by atoms with E-state index in [9.17, 15) is 19.2 Å². The summed E-state index contributed by atoms with van der Waals surface area (Å²) in [7, 11) is 0. The Morgan fingerprint density at radius 1 is 0.583 bits per heavy atom. The predicted molar refractivity (Wildman–Crippen MR) is 325 cm³/mol. The zero-order valence-electron chi connectivity index (χ0n) is 48.4. The molecule has 0 N–H and O–H groups in total. The molecule has 0 unspecified atom stereocenters. The number of benzene rings is 2. The highest BCUT2D eigenvalue weighted by Crippen LogP contribution is 2.40. The third-order valence-electron chi connectivity index (χ3n) is 15.1. The van der Waals surface area contributed by atoms with Crippen molar-refractivity contribution in [2.45, 2.75) is 89.1 Å². The van der Waals surface area contributed by atoms with E-state index in [-0.39, 0.29) is 81.2 Å². The summed E-state index contributed by atoms with van der Waals surface area (Å²) in [6.07, 6.45) is 9.45. The lowest BCUT2D eigenvalue weighted by molar-refractivity contribution is -0.127. The van der Waals surface area contributed by atoms with Gasteiger partial charge in [0.1, 0.15) is 34.7 Å². The Hall–Kier alpha value is -8.24. The van der Waals surface area contributed by atoms with Crippen LogP contribution < -0.4 is 21.2 Å². The molecule has 0 aliphatic carbocycles. The van der Waals surface area contributed by atoms with Crippen molar-refractivity contribution in [3.05, 3.63) is 165 Å². The Morgan fingerprint density at radius 3 is 1.30 bits per heavy atom. The molecule has 8 aromatic rings. The number of pyridine rings is 4. The number of hydrogen-bond acceptors (Lipinski definition) is 14. The van der Waals surface area contributed by atoms with Crippen molar-refractivity contribution in [2.75, 3.05) is 61.6 Å². The molecule has 16 nitrogen and oxygen atoms in total. The second kappa shape index (κ2) is 24.9. The van der Waals surface area contributed by atoms with E-state index in [1.807, 2.05) is 65.2 Å². The Labute approximate surface area is 492 Å². The van der Waals surface area contributed by atoms with Crippen molar-refractivity contribution >= 4 is 69.0 Å². The number of hydrogen-bond donors (Lipinski definition) is 0. The van der Waals surface area contributed by atoms with E-state index in [0.717, 1.165) is 11.1 Å². The normalized spacial score (nSPS) is 15.5. The number of anilines is 2. The highest BCUT2D eigenvalue weighted by atomic mass is 32.2.